The molecule has 5 heteroatoms. The first-order valence-corrected chi connectivity index (χ1v) is 9.22. The summed E-state index contributed by atoms with van der Waals surface area (Å²) in [6.45, 7) is 5.14. The predicted octanol–water partition coefficient (Wildman–Crippen LogP) is 3.63. The topological polar surface area (TPSA) is 42.0 Å². The summed E-state index contributed by atoms with van der Waals surface area (Å²) in [5.41, 5.74) is 3.96. The fourth-order valence-electron chi connectivity index (χ4n) is 3.45. The van der Waals surface area contributed by atoms with E-state index in [-0.39, 0.29) is 5.91 Å². The summed E-state index contributed by atoms with van der Waals surface area (Å²) < 4.78 is 11.4. The van der Waals surface area contributed by atoms with Crippen LogP contribution in [0, 0.1) is 0 Å². The van der Waals surface area contributed by atoms with Crippen LogP contribution < -0.4 is 14.4 Å². The molecule has 4 rings (SSSR count). The third-order valence-corrected chi connectivity index (χ3v) is 5.17. The van der Waals surface area contributed by atoms with Gasteiger partial charge in [0.15, 0.2) is 0 Å². The molecule has 1 fully saturated rings. The number of amides is 1. The quantitative estimate of drug-likeness (QED) is 0.843. The van der Waals surface area contributed by atoms with Crippen LogP contribution in [-0.4, -0.2) is 44.2 Å². The molecule has 0 saturated carbocycles. The van der Waals surface area contributed by atoms with Crippen molar-refractivity contribution in [2.45, 2.75) is 19.8 Å². The Morgan fingerprint density at radius 3 is 2.54 bits per heavy atom. The molecule has 0 bridgehead atoms. The SMILES string of the molecule is CCc1ccc(N2CCOc3cc(C(=O)N4CCC4)c(OC)cc32)cc1. The molecule has 0 aliphatic carbocycles. The van der Waals surface area contributed by atoms with E-state index in [4.69, 9.17) is 9.47 Å². The van der Waals surface area contributed by atoms with Crippen molar-refractivity contribution in [3.8, 4) is 11.5 Å². The van der Waals surface area contributed by atoms with Crippen LogP contribution in [0.25, 0.3) is 0 Å². The molecule has 26 heavy (non-hydrogen) atoms. The van der Waals surface area contributed by atoms with Crippen molar-refractivity contribution in [1.29, 1.82) is 0 Å². The lowest BCUT2D eigenvalue weighted by molar-refractivity contribution is 0.0648. The molecule has 0 N–H and O–H groups in total. The fourth-order valence-corrected chi connectivity index (χ4v) is 3.45. The number of rotatable bonds is 4. The van der Waals surface area contributed by atoms with Crippen LogP contribution in [0.3, 0.4) is 0 Å². The van der Waals surface area contributed by atoms with Crippen molar-refractivity contribution in [2.24, 2.45) is 0 Å². The van der Waals surface area contributed by atoms with Crippen LogP contribution in [0.1, 0.15) is 29.3 Å². The number of hydrogen-bond acceptors (Lipinski definition) is 4. The van der Waals surface area contributed by atoms with Gasteiger partial charge in [-0.25, -0.2) is 0 Å². The van der Waals surface area contributed by atoms with Gasteiger partial charge in [0.25, 0.3) is 5.91 Å². The van der Waals surface area contributed by atoms with E-state index in [9.17, 15) is 4.79 Å². The Morgan fingerprint density at radius 2 is 1.92 bits per heavy atom. The summed E-state index contributed by atoms with van der Waals surface area (Å²) in [5, 5.41) is 0. The standard InChI is InChI=1S/C21H24N2O3/c1-3-15-5-7-16(8-6-15)23-11-12-26-20-13-17(19(25-2)14-18(20)23)21(24)22-9-4-10-22/h5-8,13-14H,3-4,9-12H2,1-2H3. The van der Waals surface area contributed by atoms with Gasteiger partial charge >= 0.3 is 0 Å². The van der Waals surface area contributed by atoms with Gasteiger partial charge in [-0.1, -0.05) is 19.1 Å². The van der Waals surface area contributed by atoms with E-state index in [0.29, 0.717) is 17.9 Å². The Hall–Kier alpha value is -2.69. The molecule has 2 aliphatic heterocycles. The number of carbonyl (C=O) groups excluding carboxylic acids is 1. The molecular formula is C21H24N2O3. The molecule has 1 saturated heterocycles. The first kappa shape index (κ1) is 16.8. The summed E-state index contributed by atoms with van der Waals surface area (Å²) in [7, 11) is 1.61. The molecule has 0 atom stereocenters. The minimum atomic E-state index is 0.0175. The maximum Gasteiger partial charge on any atom is 0.257 e. The van der Waals surface area contributed by atoms with Gasteiger partial charge in [0.1, 0.15) is 18.1 Å². The van der Waals surface area contributed by atoms with Gasteiger partial charge in [-0.05, 0) is 36.6 Å². The van der Waals surface area contributed by atoms with Crippen molar-refractivity contribution in [3.63, 3.8) is 0 Å². The van der Waals surface area contributed by atoms with Crippen molar-refractivity contribution >= 4 is 17.3 Å². The highest BCUT2D eigenvalue weighted by Crippen LogP contribution is 2.41. The normalized spacial score (nSPS) is 15.8. The predicted molar refractivity (Wildman–Crippen MR) is 102 cm³/mol. The third-order valence-electron chi connectivity index (χ3n) is 5.17. The zero-order valence-electron chi connectivity index (χ0n) is 15.3. The molecule has 0 unspecified atom stereocenters. The number of hydrogen-bond donors (Lipinski definition) is 0. The third kappa shape index (κ3) is 2.87. The zero-order chi connectivity index (χ0) is 18.1. The molecule has 2 aromatic rings. The summed E-state index contributed by atoms with van der Waals surface area (Å²) in [5.74, 6) is 1.35. The van der Waals surface area contributed by atoms with Crippen molar-refractivity contribution in [3.05, 3.63) is 47.5 Å². The molecule has 1 amide bonds. The molecule has 5 nitrogen and oxygen atoms in total. The number of anilines is 2. The zero-order valence-corrected chi connectivity index (χ0v) is 15.3. The fraction of sp³-hybridized carbons (Fsp3) is 0.381. The van der Waals surface area contributed by atoms with E-state index in [1.165, 1.54) is 5.56 Å². The molecular weight excluding hydrogens is 328 g/mol. The van der Waals surface area contributed by atoms with Gasteiger partial charge in [0.2, 0.25) is 0 Å². The summed E-state index contributed by atoms with van der Waals surface area (Å²) in [6, 6.07) is 12.3. The first-order chi connectivity index (χ1) is 12.7. The maximum absolute atomic E-state index is 12.7. The molecule has 136 valence electrons. The molecule has 0 aromatic heterocycles. The summed E-state index contributed by atoms with van der Waals surface area (Å²) in [4.78, 5) is 16.8. The van der Waals surface area contributed by atoms with Gasteiger partial charge in [0.05, 0.1) is 24.9 Å². The van der Waals surface area contributed by atoms with Crippen LogP contribution in [0.2, 0.25) is 0 Å². The minimum Gasteiger partial charge on any atom is -0.496 e. The Morgan fingerprint density at radius 1 is 1.15 bits per heavy atom. The van der Waals surface area contributed by atoms with Crippen molar-refractivity contribution < 1.29 is 14.3 Å². The average Bonchev–Trinajstić information content (AvgIpc) is 2.65. The van der Waals surface area contributed by atoms with E-state index in [1.807, 2.05) is 17.0 Å². The van der Waals surface area contributed by atoms with Crippen LogP contribution in [-0.2, 0) is 6.42 Å². The van der Waals surface area contributed by atoms with Crippen molar-refractivity contribution in [2.75, 3.05) is 38.3 Å². The van der Waals surface area contributed by atoms with Gasteiger partial charge in [0, 0.05) is 24.8 Å². The van der Waals surface area contributed by atoms with Gasteiger partial charge in [-0.3, -0.25) is 4.79 Å². The summed E-state index contributed by atoms with van der Waals surface area (Å²) >= 11 is 0. The monoisotopic (exact) mass is 352 g/mol. The number of ether oxygens (including phenoxy) is 2. The number of benzene rings is 2. The second-order valence-corrected chi connectivity index (χ2v) is 6.69. The molecule has 2 aromatic carbocycles. The smallest absolute Gasteiger partial charge is 0.257 e. The lowest BCUT2D eigenvalue weighted by Crippen LogP contribution is -2.42. The van der Waals surface area contributed by atoms with Gasteiger partial charge in [-0.2, -0.15) is 0 Å². The highest BCUT2D eigenvalue weighted by Gasteiger charge is 2.28. The Kier molecular flexibility index (Phi) is 4.45. The van der Waals surface area contributed by atoms with Gasteiger partial charge in [-0.15, -0.1) is 0 Å². The van der Waals surface area contributed by atoms with E-state index < -0.39 is 0 Å². The second-order valence-electron chi connectivity index (χ2n) is 6.69. The maximum atomic E-state index is 12.7. The van der Waals surface area contributed by atoms with E-state index in [0.717, 1.165) is 49.6 Å². The number of likely N-dealkylation sites (tertiary alicyclic amines) is 1. The highest BCUT2D eigenvalue weighted by atomic mass is 16.5. The van der Waals surface area contributed by atoms with Crippen molar-refractivity contribution in [1.82, 2.24) is 4.90 Å². The van der Waals surface area contributed by atoms with E-state index >= 15 is 0 Å². The number of carbonyl (C=O) groups is 1. The first-order valence-electron chi connectivity index (χ1n) is 9.22. The van der Waals surface area contributed by atoms with Crippen LogP contribution in [0.5, 0.6) is 11.5 Å². The van der Waals surface area contributed by atoms with Crippen LogP contribution >= 0.6 is 0 Å². The minimum absolute atomic E-state index is 0.0175. The van der Waals surface area contributed by atoms with Crippen LogP contribution in [0.15, 0.2) is 36.4 Å². The lowest BCUT2D eigenvalue weighted by Gasteiger charge is -2.34. The Labute approximate surface area is 154 Å². The number of aryl methyl sites for hydroxylation is 1. The number of fused-ring (bicyclic) bond motifs is 1. The highest BCUT2D eigenvalue weighted by molar-refractivity contribution is 5.99. The van der Waals surface area contributed by atoms with Gasteiger partial charge < -0.3 is 19.3 Å². The summed E-state index contributed by atoms with van der Waals surface area (Å²) in [6.07, 6.45) is 2.09. The Bertz CT molecular complexity index is 813. The molecule has 2 heterocycles. The molecule has 0 radical (unpaired) electrons. The van der Waals surface area contributed by atoms with Crippen LogP contribution in [0.4, 0.5) is 11.4 Å². The largest absolute Gasteiger partial charge is 0.496 e. The van der Waals surface area contributed by atoms with E-state index in [2.05, 4.69) is 36.1 Å². The average molecular weight is 352 g/mol. The number of methoxy groups -OCH3 is 1. The number of nitrogens with zero attached hydrogens (tertiary/aromatic N) is 2. The molecule has 0 spiro atoms. The Balaban J connectivity index is 1.72. The van der Waals surface area contributed by atoms with E-state index in [1.54, 1.807) is 7.11 Å². The molecule has 2 aliphatic rings. The lowest BCUT2D eigenvalue weighted by atomic mass is 10.1. The second kappa shape index (κ2) is 6.90.